The highest BCUT2D eigenvalue weighted by Crippen LogP contribution is 2.22. The fourth-order valence-electron chi connectivity index (χ4n) is 2.84. The summed E-state index contributed by atoms with van der Waals surface area (Å²) in [5, 5.41) is 2.78. The number of benzene rings is 2. The number of amidine groups is 1. The fourth-order valence-corrected chi connectivity index (χ4v) is 4.09. The molecule has 0 unspecified atom stereocenters. The Hall–Kier alpha value is -3.20. The minimum atomic E-state index is -3.57. The molecule has 1 aliphatic rings. The number of sulfonamides is 1. The topological polar surface area (TPSA) is 131 Å². The lowest BCUT2D eigenvalue weighted by atomic mass is 10.1. The molecular formula is C19H20N4O4S. The lowest BCUT2D eigenvalue weighted by molar-refractivity contribution is -0.120. The Kier molecular flexibility index (Phi) is 5.74. The summed E-state index contributed by atoms with van der Waals surface area (Å²) in [5.74, 6) is -0.426. The maximum absolute atomic E-state index is 12.0. The Bertz CT molecular complexity index is 1050. The quantitative estimate of drug-likeness (QED) is 0.627. The molecule has 8 nitrogen and oxygen atoms in total. The highest BCUT2D eigenvalue weighted by Gasteiger charge is 2.29. The lowest BCUT2D eigenvalue weighted by Crippen LogP contribution is -2.27. The van der Waals surface area contributed by atoms with E-state index >= 15 is 0 Å². The van der Waals surface area contributed by atoms with Gasteiger partial charge in [-0.15, -0.1) is 0 Å². The van der Waals surface area contributed by atoms with E-state index < -0.39 is 15.9 Å². The van der Waals surface area contributed by atoms with Crippen molar-refractivity contribution in [2.75, 3.05) is 13.1 Å². The first kappa shape index (κ1) is 19.6. The number of nitrogens with zero attached hydrogens (tertiary/aromatic N) is 1. The molecule has 9 heteroatoms. The first-order valence-electron chi connectivity index (χ1n) is 8.69. The van der Waals surface area contributed by atoms with Gasteiger partial charge in [0.25, 0.3) is 10.0 Å². The highest BCUT2D eigenvalue weighted by molar-refractivity contribution is 7.90. The van der Waals surface area contributed by atoms with Crippen molar-refractivity contribution in [3.63, 3.8) is 0 Å². The van der Waals surface area contributed by atoms with Gasteiger partial charge >= 0.3 is 0 Å². The van der Waals surface area contributed by atoms with Gasteiger partial charge in [0.05, 0.1) is 11.4 Å². The number of aliphatic imine (C=N–C) groups is 1. The Balaban J connectivity index is 1.49. The van der Waals surface area contributed by atoms with Gasteiger partial charge in [0.2, 0.25) is 11.8 Å². The van der Waals surface area contributed by atoms with Crippen molar-refractivity contribution in [3.8, 4) is 0 Å². The van der Waals surface area contributed by atoms with Crippen molar-refractivity contribution in [2.24, 2.45) is 10.7 Å². The average Bonchev–Trinajstić information content (AvgIpc) is 2.93. The third kappa shape index (κ3) is 4.55. The second-order valence-electron chi connectivity index (χ2n) is 6.25. The molecule has 0 aromatic heterocycles. The zero-order valence-electron chi connectivity index (χ0n) is 15.0. The molecule has 1 heterocycles. The maximum Gasteiger partial charge on any atom is 0.263 e. The Labute approximate surface area is 162 Å². The zero-order valence-corrected chi connectivity index (χ0v) is 15.8. The predicted molar refractivity (Wildman–Crippen MR) is 104 cm³/mol. The molecule has 0 bridgehead atoms. The highest BCUT2D eigenvalue weighted by atomic mass is 32.2. The molecule has 0 radical (unpaired) electrons. The van der Waals surface area contributed by atoms with E-state index in [9.17, 15) is 18.0 Å². The van der Waals surface area contributed by atoms with Crippen molar-refractivity contribution in [3.05, 3.63) is 65.2 Å². The van der Waals surface area contributed by atoms with Gasteiger partial charge < -0.3 is 11.1 Å². The van der Waals surface area contributed by atoms with Gasteiger partial charge in [0, 0.05) is 24.1 Å². The van der Waals surface area contributed by atoms with Gasteiger partial charge in [0.1, 0.15) is 5.84 Å². The summed E-state index contributed by atoms with van der Waals surface area (Å²) >= 11 is 0. The molecule has 1 aliphatic heterocycles. The van der Waals surface area contributed by atoms with E-state index in [4.69, 9.17) is 5.73 Å². The summed E-state index contributed by atoms with van der Waals surface area (Å²) in [6.07, 6.45) is 0.698. The zero-order chi connectivity index (χ0) is 20.1. The van der Waals surface area contributed by atoms with Crippen molar-refractivity contribution >= 4 is 27.7 Å². The first-order chi connectivity index (χ1) is 13.4. The van der Waals surface area contributed by atoms with Crippen LogP contribution in [0, 0.1) is 0 Å². The van der Waals surface area contributed by atoms with Gasteiger partial charge in [-0.2, -0.15) is 0 Å². The van der Waals surface area contributed by atoms with Crippen LogP contribution in [0.5, 0.6) is 0 Å². The molecule has 0 saturated carbocycles. The monoisotopic (exact) mass is 400 g/mol. The van der Waals surface area contributed by atoms with Crippen molar-refractivity contribution < 1.29 is 18.0 Å². The second kappa shape index (κ2) is 8.22. The van der Waals surface area contributed by atoms with Gasteiger partial charge in [-0.3, -0.25) is 19.3 Å². The number of nitrogens with one attached hydrogen (secondary N) is 2. The summed E-state index contributed by atoms with van der Waals surface area (Å²) in [4.78, 5) is 27.5. The van der Waals surface area contributed by atoms with E-state index in [0.717, 1.165) is 5.56 Å². The number of hydrogen-bond donors (Lipinski definition) is 3. The van der Waals surface area contributed by atoms with Crippen LogP contribution >= 0.6 is 0 Å². The molecule has 3 rings (SSSR count). The minimum Gasteiger partial charge on any atom is -0.366 e. The molecule has 28 heavy (non-hydrogen) atoms. The normalized spacial score (nSPS) is 15.6. The molecule has 2 amide bonds. The number of nitrogens with two attached hydrogens (primary N) is 1. The Morgan fingerprint density at radius 2 is 1.89 bits per heavy atom. The molecule has 0 atom stereocenters. The van der Waals surface area contributed by atoms with E-state index in [-0.39, 0.29) is 29.6 Å². The number of rotatable bonds is 7. The minimum absolute atomic E-state index is 0.134. The van der Waals surface area contributed by atoms with Crippen LogP contribution in [0.2, 0.25) is 0 Å². The molecule has 0 spiro atoms. The molecule has 0 fully saturated rings. The van der Waals surface area contributed by atoms with Crippen LogP contribution in [0.25, 0.3) is 0 Å². The van der Waals surface area contributed by atoms with E-state index in [0.29, 0.717) is 24.1 Å². The van der Waals surface area contributed by atoms with E-state index in [1.54, 1.807) is 36.4 Å². The molecule has 146 valence electrons. The SMILES string of the molecule is NC(=O)c1cccc(CCNC(=O)CCN=C2NS(=O)(=O)c3ccccc32)c1. The summed E-state index contributed by atoms with van der Waals surface area (Å²) in [6, 6.07) is 13.5. The van der Waals surface area contributed by atoms with Crippen molar-refractivity contribution in [1.82, 2.24) is 10.0 Å². The standard InChI is InChI=1S/C19H20N4O4S/c20-18(25)14-5-3-4-13(12-14)8-10-21-17(24)9-11-22-19-15-6-1-2-7-16(15)28(26,27)23-19/h1-7,12H,8-11H2,(H2,20,25)(H,21,24)(H,22,23). The number of hydrogen-bond acceptors (Lipinski definition) is 5. The van der Waals surface area contributed by atoms with Crippen LogP contribution in [-0.2, 0) is 21.2 Å². The summed E-state index contributed by atoms with van der Waals surface area (Å²) in [7, 11) is -3.57. The average molecular weight is 400 g/mol. The number of amides is 2. The largest absolute Gasteiger partial charge is 0.366 e. The van der Waals surface area contributed by atoms with Crippen LogP contribution in [-0.4, -0.2) is 39.2 Å². The number of fused-ring (bicyclic) bond motifs is 1. The maximum atomic E-state index is 12.0. The summed E-state index contributed by atoms with van der Waals surface area (Å²) < 4.78 is 26.4. The predicted octanol–water partition coefficient (Wildman–Crippen LogP) is 0.573. The van der Waals surface area contributed by atoms with E-state index in [1.807, 2.05) is 6.07 Å². The number of carbonyl (C=O) groups excluding carboxylic acids is 2. The second-order valence-corrected chi connectivity index (χ2v) is 7.90. The van der Waals surface area contributed by atoms with E-state index in [2.05, 4.69) is 15.0 Å². The van der Waals surface area contributed by atoms with Crippen LogP contribution in [0.1, 0.15) is 27.9 Å². The molecule has 4 N–H and O–H groups in total. The van der Waals surface area contributed by atoms with Gasteiger partial charge in [-0.05, 0) is 36.2 Å². The lowest BCUT2D eigenvalue weighted by Gasteiger charge is -2.06. The van der Waals surface area contributed by atoms with Crippen molar-refractivity contribution in [2.45, 2.75) is 17.7 Å². The van der Waals surface area contributed by atoms with Gasteiger partial charge in [-0.1, -0.05) is 24.3 Å². The molecule has 2 aromatic rings. The molecule has 0 saturated heterocycles. The van der Waals surface area contributed by atoms with Crippen LogP contribution in [0.15, 0.2) is 58.4 Å². The summed E-state index contributed by atoms with van der Waals surface area (Å²) in [6.45, 7) is 0.572. The molecular weight excluding hydrogens is 380 g/mol. The van der Waals surface area contributed by atoms with E-state index in [1.165, 1.54) is 6.07 Å². The first-order valence-corrected chi connectivity index (χ1v) is 10.2. The molecule has 2 aromatic carbocycles. The van der Waals surface area contributed by atoms with Crippen molar-refractivity contribution in [1.29, 1.82) is 0 Å². The third-order valence-electron chi connectivity index (χ3n) is 4.22. The Morgan fingerprint density at radius 1 is 1.11 bits per heavy atom. The van der Waals surface area contributed by atoms with Gasteiger partial charge in [-0.25, -0.2) is 8.42 Å². The van der Waals surface area contributed by atoms with Crippen LogP contribution in [0.4, 0.5) is 0 Å². The molecule has 0 aliphatic carbocycles. The third-order valence-corrected chi connectivity index (χ3v) is 5.62. The number of primary amides is 1. The number of carbonyl (C=O) groups is 2. The Morgan fingerprint density at radius 3 is 2.68 bits per heavy atom. The van der Waals surface area contributed by atoms with Gasteiger partial charge in [0.15, 0.2) is 0 Å². The van der Waals surface area contributed by atoms with Crippen LogP contribution < -0.4 is 15.8 Å². The summed E-state index contributed by atoms with van der Waals surface area (Å²) in [5.41, 5.74) is 7.09. The van der Waals surface area contributed by atoms with Crippen LogP contribution in [0.3, 0.4) is 0 Å². The smallest absolute Gasteiger partial charge is 0.263 e. The fraction of sp³-hybridized carbons (Fsp3) is 0.211.